The van der Waals surface area contributed by atoms with Crippen LogP contribution in [0.4, 0.5) is 5.13 Å². The van der Waals surface area contributed by atoms with Crippen LogP contribution in [-0.2, 0) is 0 Å². The van der Waals surface area contributed by atoms with E-state index >= 15 is 0 Å². The molecule has 0 amide bonds. The zero-order valence-corrected chi connectivity index (χ0v) is 14.9. The van der Waals surface area contributed by atoms with Crippen molar-refractivity contribution >= 4 is 32.9 Å². The van der Waals surface area contributed by atoms with E-state index < -0.39 is 0 Å². The van der Waals surface area contributed by atoms with Crippen LogP contribution in [0.25, 0.3) is 21.7 Å². The van der Waals surface area contributed by atoms with Crippen LogP contribution in [0, 0.1) is 6.92 Å². The summed E-state index contributed by atoms with van der Waals surface area (Å²) in [4.78, 5) is 13.0. The molecular weight excluding hydrogens is 350 g/mol. The first-order valence-electron chi connectivity index (χ1n) is 7.88. The highest BCUT2D eigenvalue weighted by molar-refractivity contribution is 7.22. The topological polar surface area (TPSA) is 80.7 Å². The summed E-state index contributed by atoms with van der Waals surface area (Å²) in [7, 11) is 1.63. The lowest BCUT2D eigenvalue weighted by atomic mass is 10.1. The van der Waals surface area contributed by atoms with Crippen molar-refractivity contribution in [1.29, 1.82) is 0 Å². The number of hydrogen-bond acceptors (Lipinski definition) is 7. The predicted molar refractivity (Wildman–Crippen MR) is 102 cm³/mol. The van der Waals surface area contributed by atoms with Crippen molar-refractivity contribution < 1.29 is 14.3 Å². The summed E-state index contributed by atoms with van der Waals surface area (Å²) in [6, 6.07) is 13.3. The molecular formula is C19H15N3O3S. The van der Waals surface area contributed by atoms with Gasteiger partial charge in [-0.1, -0.05) is 29.0 Å². The van der Waals surface area contributed by atoms with Gasteiger partial charge in [0, 0.05) is 5.56 Å². The van der Waals surface area contributed by atoms with Crippen LogP contribution >= 0.6 is 11.3 Å². The highest BCUT2D eigenvalue weighted by Crippen LogP contribution is 2.31. The number of aryl methyl sites for hydroxylation is 1. The number of thiazole rings is 1. The number of oxazole rings is 1. The first-order valence-corrected chi connectivity index (χ1v) is 8.69. The van der Waals surface area contributed by atoms with Crippen molar-refractivity contribution in [2.24, 2.45) is 4.99 Å². The average molecular weight is 365 g/mol. The summed E-state index contributed by atoms with van der Waals surface area (Å²) in [6.45, 7) is 2.00. The second-order valence-electron chi connectivity index (χ2n) is 5.66. The fourth-order valence-corrected chi connectivity index (χ4v) is 3.26. The van der Waals surface area contributed by atoms with Crippen molar-refractivity contribution in [3.63, 3.8) is 0 Å². The lowest BCUT2D eigenvalue weighted by Crippen LogP contribution is -1.83. The Balaban J connectivity index is 1.61. The van der Waals surface area contributed by atoms with Crippen LogP contribution in [0.5, 0.6) is 11.7 Å². The van der Waals surface area contributed by atoms with Crippen LogP contribution < -0.4 is 4.74 Å². The third-order valence-electron chi connectivity index (χ3n) is 3.81. The summed E-state index contributed by atoms with van der Waals surface area (Å²) in [5, 5.41) is 10.5. The van der Waals surface area contributed by atoms with Crippen LogP contribution in [0.3, 0.4) is 0 Å². The fraction of sp³-hybridized carbons (Fsp3) is 0.105. The number of nitrogens with zero attached hydrogens (tertiary/aromatic N) is 3. The number of aromatic nitrogens is 2. The van der Waals surface area contributed by atoms with Gasteiger partial charge in [0.2, 0.25) is 11.0 Å². The number of rotatable bonds is 4. The third-order valence-corrected chi connectivity index (χ3v) is 4.74. The summed E-state index contributed by atoms with van der Waals surface area (Å²) in [6.07, 6.45) is 1.45. The number of aliphatic imine (C=N–C) groups is 1. The number of benzene rings is 2. The fourth-order valence-electron chi connectivity index (χ4n) is 2.42. The number of hydrogen-bond donors (Lipinski definition) is 1. The van der Waals surface area contributed by atoms with Gasteiger partial charge < -0.3 is 14.3 Å². The lowest BCUT2D eigenvalue weighted by Gasteiger charge is -1.96. The van der Waals surface area contributed by atoms with Gasteiger partial charge >= 0.3 is 5.95 Å². The Bertz CT molecular complexity index is 1100. The monoisotopic (exact) mass is 365 g/mol. The molecule has 0 aliphatic rings. The Morgan fingerprint density at radius 3 is 2.73 bits per heavy atom. The second kappa shape index (κ2) is 6.61. The first-order chi connectivity index (χ1) is 12.6. The second-order valence-corrected chi connectivity index (χ2v) is 6.67. The SMILES string of the molecule is COc1ccc2nc(N=Cc3nc(-c4ccc(C)cc4)oc3O)sc2c1. The van der Waals surface area contributed by atoms with E-state index in [0.717, 1.165) is 27.1 Å². The summed E-state index contributed by atoms with van der Waals surface area (Å²) in [5.41, 5.74) is 3.03. The van der Waals surface area contributed by atoms with Gasteiger partial charge in [0.05, 0.1) is 23.5 Å². The summed E-state index contributed by atoms with van der Waals surface area (Å²) >= 11 is 1.43. The largest absolute Gasteiger partial charge is 0.497 e. The van der Waals surface area contributed by atoms with Crippen LogP contribution in [0.15, 0.2) is 51.9 Å². The quantitative estimate of drug-likeness (QED) is 0.529. The minimum atomic E-state index is -0.271. The normalized spacial score (nSPS) is 11.5. The maximum absolute atomic E-state index is 9.98. The van der Waals surface area contributed by atoms with E-state index in [-0.39, 0.29) is 11.6 Å². The molecule has 0 spiro atoms. The van der Waals surface area contributed by atoms with Gasteiger partial charge in [0.15, 0.2) is 5.69 Å². The minimum Gasteiger partial charge on any atom is -0.497 e. The highest BCUT2D eigenvalue weighted by Gasteiger charge is 2.12. The molecule has 26 heavy (non-hydrogen) atoms. The van der Waals surface area contributed by atoms with Crippen LogP contribution in [-0.4, -0.2) is 28.4 Å². The molecule has 1 N–H and O–H groups in total. The van der Waals surface area contributed by atoms with E-state index in [4.69, 9.17) is 9.15 Å². The Labute approximate surface area is 153 Å². The Morgan fingerprint density at radius 1 is 1.15 bits per heavy atom. The van der Waals surface area contributed by atoms with Crippen molar-refractivity contribution in [3.05, 3.63) is 53.7 Å². The zero-order valence-electron chi connectivity index (χ0n) is 14.1. The van der Waals surface area contributed by atoms with Crippen LogP contribution in [0.1, 0.15) is 11.3 Å². The maximum Gasteiger partial charge on any atom is 0.312 e. The smallest absolute Gasteiger partial charge is 0.312 e. The molecule has 0 aliphatic carbocycles. The average Bonchev–Trinajstić information content (AvgIpc) is 3.22. The van der Waals surface area contributed by atoms with Gasteiger partial charge in [0.25, 0.3) is 0 Å². The molecule has 0 saturated heterocycles. The van der Waals surface area contributed by atoms with E-state index in [2.05, 4.69) is 15.0 Å². The Kier molecular flexibility index (Phi) is 4.14. The molecule has 2 aromatic heterocycles. The van der Waals surface area contributed by atoms with E-state index in [1.54, 1.807) is 7.11 Å². The Morgan fingerprint density at radius 2 is 1.96 bits per heavy atom. The van der Waals surface area contributed by atoms with E-state index in [1.807, 2.05) is 49.4 Å². The molecule has 0 unspecified atom stereocenters. The minimum absolute atomic E-state index is 0.261. The summed E-state index contributed by atoms with van der Waals surface area (Å²) in [5.74, 6) is 0.846. The molecule has 7 heteroatoms. The van der Waals surface area contributed by atoms with E-state index in [0.29, 0.717) is 11.0 Å². The maximum atomic E-state index is 9.98. The molecule has 2 heterocycles. The zero-order chi connectivity index (χ0) is 18.1. The molecule has 4 rings (SSSR count). The van der Waals surface area contributed by atoms with Crippen molar-refractivity contribution in [1.82, 2.24) is 9.97 Å². The summed E-state index contributed by atoms with van der Waals surface area (Å²) < 4.78 is 11.5. The van der Waals surface area contributed by atoms with Crippen molar-refractivity contribution in [2.45, 2.75) is 6.92 Å². The molecule has 0 bridgehead atoms. The van der Waals surface area contributed by atoms with Gasteiger partial charge in [-0.25, -0.2) is 15.0 Å². The van der Waals surface area contributed by atoms with Gasteiger partial charge in [-0.05, 0) is 37.3 Å². The molecule has 0 radical (unpaired) electrons. The predicted octanol–water partition coefficient (Wildman–Crippen LogP) is 4.72. The molecule has 6 nitrogen and oxygen atoms in total. The van der Waals surface area contributed by atoms with Gasteiger partial charge in [-0.2, -0.15) is 0 Å². The van der Waals surface area contributed by atoms with E-state index in [9.17, 15) is 5.11 Å². The molecule has 0 fully saturated rings. The lowest BCUT2D eigenvalue weighted by molar-refractivity contribution is 0.337. The molecule has 4 aromatic rings. The van der Waals surface area contributed by atoms with Crippen LogP contribution in [0.2, 0.25) is 0 Å². The number of fused-ring (bicyclic) bond motifs is 1. The van der Waals surface area contributed by atoms with Gasteiger partial charge in [-0.15, -0.1) is 0 Å². The number of methoxy groups -OCH3 is 1. The van der Waals surface area contributed by atoms with Gasteiger partial charge in [0.1, 0.15) is 5.75 Å². The Hall–Kier alpha value is -3.19. The molecule has 2 aromatic carbocycles. The molecule has 0 atom stereocenters. The van der Waals surface area contributed by atoms with Gasteiger partial charge in [-0.3, -0.25) is 0 Å². The third kappa shape index (κ3) is 3.16. The van der Waals surface area contributed by atoms with E-state index in [1.165, 1.54) is 17.6 Å². The standard InChI is InChI=1S/C19H15N3O3S/c1-11-3-5-12(6-4-11)17-21-15(18(23)25-17)10-20-19-22-14-8-7-13(24-2)9-16(14)26-19/h3-10,23H,1-2H3. The van der Waals surface area contributed by atoms with Crippen molar-refractivity contribution in [2.75, 3.05) is 7.11 Å². The van der Waals surface area contributed by atoms with Crippen molar-refractivity contribution in [3.8, 4) is 23.1 Å². The molecule has 0 saturated carbocycles. The number of ether oxygens (including phenoxy) is 1. The molecule has 130 valence electrons. The highest BCUT2D eigenvalue weighted by atomic mass is 32.1. The number of aromatic hydroxyl groups is 1. The molecule has 0 aliphatic heterocycles. The first kappa shape index (κ1) is 16.3.